The molecule has 0 bridgehead atoms. The van der Waals surface area contributed by atoms with Crippen molar-refractivity contribution in [2.24, 2.45) is 0 Å². The summed E-state index contributed by atoms with van der Waals surface area (Å²) in [6.45, 7) is 3.19. The molecule has 1 amide bonds. The zero-order valence-electron chi connectivity index (χ0n) is 15.6. The monoisotopic (exact) mass is 386 g/mol. The van der Waals surface area contributed by atoms with Crippen LogP contribution in [-0.2, 0) is 21.2 Å². The fraction of sp³-hybridized carbons (Fsp3) is 0.381. The maximum absolute atomic E-state index is 12.6. The molecule has 0 spiro atoms. The molecule has 1 aliphatic heterocycles. The number of hydrogen-bond acceptors (Lipinski definition) is 3. The molecule has 0 radical (unpaired) electrons. The molecule has 0 atom stereocenters. The Bertz CT molecular complexity index is 886. The normalized spacial score (nSPS) is 15.0. The molecule has 1 heterocycles. The van der Waals surface area contributed by atoms with Gasteiger partial charge in [-0.1, -0.05) is 35.9 Å². The highest BCUT2D eigenvalue weighted by atomic mass is 32.2. The molecule has 0 unspecified atom stereocenters. The number of anilines is 1. The van der Waals surface area contributed by atoms with Crippen molar-refractivity contribution >= 4 is 21.6 Å². The van der Waals surface area contributed by atoms with E-state index in [0.717, 1.165) is 25.7 Å². The van der Waals surface area contributed by atoms with E-state index in [1.54, 1.807) is 24.3 Å². The van der Waals surface area contributed by atoms with Crippen molar-refractivity contribution in [3.05, 3.63) is 59.7 Å². The number of aryl methyl sites for hydroxylation is 2. The summed E-state index contributed by atoms with van der Waals surface area (Å²) in [4.78, 5) is 12.4. The Morgan fingerprint density at radius 2 is 1.78 bits per heavy atom. The number of benzene rings is 2. The van der Waals surface area contributed by atoms with Gasteiger partial charge in [0, 0.05) is 25.2 Å². The minimum atomic E-state index is -3.47. The van der Waals surface area contributed by atoms with Crippen molar-refractivity contribution in [1.82, 2.24) is 4.31 Å². The molecule has 1 saturated heterocycles. The van der Waals surface area contributed by atoms with E-state index >= 15 is 0 Å². The second-order valence-electron chi connectivity index (χ2n) is 7.03. The molecule has 0 saturated carbocycles. The molecule has 5 nitrogen and oxygen atoms in total. The van der Waals surface area contributed by atoms with E-state index in [4.69, 9.17) is 0 Å². The first-order chi connectivity index (χ1) is 12.9. The molecule has 144 valence electrons. The number of amides is 1. The van der Waals surface area contributed by atoms with Crippen LogP contribution in [0.4, 0.5) is 5.69 Å². The summed E-state index contributed by atoms with van der Waals surface area (Å²) >= 11 is 0. The maximum Gasteiger partial charge on any atom is 0.243 e. The zero-order valence-corrected chi connectivity index (χ0v) is 16.5. The first kappa shape index (κ1) is 19.6. The molecule has 3 rings (SSSR count). The van der Waals surface area contributed by atoms with E-state index < -0.39 is 10.0 Å². The van der Waals surface area contributed by atoms with Crippen LogP contribution in [0.25, 0.3) is 0 Å². The number of hydrogen-bond donors (Lipinski definition) is 1. The lowest BCUT2D eigenvalue weighted by molar-refractivity contribution is -0.116. The van der Waals surface area contributed by atoms with Crippen LogP contribution in [-0.4, -0.2) is 31.7 Å². The quantitative estimate of drug-likeness (QED) is 0.788. The number of carbonyl (C=O) groups is 1. The lowest BCUT2D eigenvalue weighted by Gasteiger charge is -2.16. The van der Waals surface area contributed by atoms with Gasteiger partial charge in [0.05, 0.1) is 4.90 Å². The summed E-state index contributed by atoms with van der Waals surface area (Å²) in [6.07, 6.45) is 3.79. The van der Waals surface area contributed by atoms with Gasteiger partial charge in [-0.25, -0.2) is 8.42 Å². The van der Waals surface area contributed by atoms with Crippen molar-refractivity contribution in [3.8, 4) is 0 Å². The molecule has 0 aromatic heterocycles. The number of rotatable bonds is 7. The van der Waals surface area contributed by atoms with E-state index in [-0.39, 0.29) is 10.8 Å². The van der Waals surface area contributed by atoms with Gasteiger partial charge < -0.3 is 5.32 Å². The molecule has 27 heavy (non-hydrogen) atoms. The van der Waals surface area contributed by atoms with Crippen LogP contribution in [0.3, 0.4) is 0 Å². The van der Waals surface area contributed by atoms with Crippen molar-refractivity contribution < 1.29 is 13.2 Å². The van der Waals surface area contributed by atoms with Gasteiger partial charge in [0.2, 0.25) is 15.9 Å². The second kappa shape index (κ2) is 8.67. The van der Waals surface area contributed by atoms with Gasteiger partial charge in [-0.3, -0.25) is 4.79 Å². The molecule has 1 fully saturated rings. The van der Waals surface area contributed by atoms with Crippen LogP contribution in [0, 0.1) is 6.92 Å². The Labute approximate surface area is 161 Å². The van der Waals surface area contributed by atoms with Crippen molar-refractivity contribution in [2.45, 2.75) is 43.9 Å². The fourth-order valence-corrected chi connectivity index (χ4v) is 4.81. The van der Waals surface area contributed by atoms with Crippen LogP contribution < -0.4 is 5.32 Å². The van der Waals surface area contributed by atoms with Crippen LogP contribution in [0.1, 0.15) is 36.8 Å². The summed E-state index contributed by atoms with van der Waals surface area (Å²) in [7, 11) is -3.47. The number of nitrogens with zero attached hydrogens (tertiary/aromatic N) is 1. The minimum Gasteiger partial charge on any atom is -0.326 e. The summed E-state index contributed by atoms with van der Waals surface area (Å²) in [6, 6.07) is 14.8. The molecule has 1 aliphatic rings. The summed E-state index contributed by atoms with van der Waals surface area (Å²) in [5.41, 5.74) is 2.96. The summed E-state index contributed by atoms with van der Waals surface area (Å²) < 4.78 is 26.8. The van der Waals surface area contributed by atoms with E-state index in [2.05, 4.69) is 36.5 Å². The number of nitrogens with one attached hydrogen (secondary N) is 1. The molecule has 2 aromatic carbocycles. The fourth-order valence-electron chi connectivity index (χ4n) is 3.24. The molecule has 6 heteroatoms. The highest BCUT2D eigenvalue weighted by molar-refractivity contribution is 7.89. The van der Waals surface area contributed by atoms with Crippen LogP contribution in [0.15, 0.2) is 53.4 Å². The third-order valence-corrected chi connectivity index (χ3v) is 6.71. The van der Waals surface area contributed by atoms with Crippen molar-refractivity contribution in [1.29, 1.82) is 0 Å². The third kappa shape index (κ3) is 5.17. The standard InChI is InChI=1S/C21H26N2O3S/c1-17-10-12-18(13-11-17)6-4-9-21(24)22-19-7-5-8-20(16-19)27(25,26)23-14-2-3-15-23/h5,7-8,10-13,16H,2-4,6,9,14-15H2,1H3,(H,22,24). The molecule has 1 N–H and O–H groups in total. The average Bonchev–Trinajstić information content (AvgIpc) is 3.19. The van der Waals surface area contributed by atoms with Crippen molar-refractivity contribution in [2.75, 3.05) is 18.4 Å². The van der Waals surface area contributed by atoms with Gasteiger partial charge in [0.25, 0.3) is 0 Å². The molecular formula is C21H26N2O3S. The highest BCUT2D eigenvalue weighted by Gasteiger charge is 2.27. The van der Waals surface area contributed by atoms with Gasteiger partial charge in [0.15, 0.2) is 0 Å². The van der Waals surface area contributed by atoms with E-state index in [1.807, 2.05) is 0 Å². The second-order valence-corrected chi connectivity index (χ2v) is 8.96. The van der Waals surface area contributed by atoms with E-state index in [1.165, 1.54) is 15.4 Å². The SMILES string of the molecule is Cc1ccc(CCCC(=O)Nc2cccc(S(=O)(=O)N3CCCC3)c2)cc1. The maximum atomic E-state index is 12.6. The predicted molar refractivity (Wildman–Crippen MR) is 107 cm³/mol. The van der Waals surface area contributed by atoms with Crippen LogP contribution in [0.5, 0.6) is 0 Å². The van der Waals surface area contributed by atoms with Crippen LogP contribution in [0.2, 0.25) is 0 Å². The van der Waals surface area contributed by atoms with Gasteiger partial charge in [0.1, 0.15) is 0 Å². The van der Waals surface area contributed by atoms with Gasteiger partial charge in [-0.2, -0.15) is 4.31 Å². The lowest BCUT2D eigenvalue weighted by Crippen LogP contribution is -2.27. The Morgan fingerprint density at radius 1 is 1.07 bits per heavy atom. The van der Waals surface area contributed by atoms with Gasteiger partial charge >= 0.3 is 0 Å². The third-order valence-electron chi connectivity index (χ3n) is 4.81. The molecular weight excluding hydrogens is 360 g/mol. The number of sulfonamides is 1. The predicted octanol–water partition coefficient (Wildman–Crippen LogP) is 3.74. The summed E-state index contributed by atoms with van der Waals surface area (Å²) in [5, 5.41) is 2.82. The summed E-state index contributed by atoms with van der Waals surface area (Å²) in [5.74, 6) is -0.0992. The molecule has 0 aliphatic carbocycles. The highest BCUT2D eigenvalue weighted by Crippen LogP contribution is 2.23. The largest absolute Gasteiger partial charge is 0.326 e. The minimum absolute atomic E-state index is 0.0992. The Balaban J connectivity index is 1.55. The van der Waals surface area contributed by atoms with Crippen LogP contribution >= 0.6 is 0 Å². The molecule has 2 aromatic rings. The van der Waals surface area contributed by atoms with E-state index in [0.29, 0.717) is 25.2 Å². The van der Waals surface area contributed by atoms with Gasteiger partial charge in [-0.15, -0.1) is 0 Å². The zero-order chi connectivity index (χ0) is 19.3. The smallest absolute Gasteiger partial charge is 0.243 e. The average molecular weight is 387 g/mol. The Morgan fingerprint density at radius 3 is 2.48 bits per heavy atom. The van der Waals surface area contributed by atoms with E-state index in [9.17, 15) is 13.2 Å². The Kier molecular flexibility index (Phi) is 6.29. The van der Waals surface area contributed by atoms with Gasteiger partial charge in [-0.05, 0) is 56.4 Å². The topological polar surface area (TPSA) is 66.5 Å². The first-order valence-corrected chi connectivity index (χ1v) is 10.8. The lowest BCUT2D eigenvalue weighted by atomic mass is 10.1. The van der Waals surface area contributed by atoms with Crippen molar-refractivity contribution in [3.63, 3.8) is 0 Å². The Hall–Kier alpha value is -2.18. The number of carbonyl (C=O) groups excluding carboxylic acids is 1. The first-order valence-electron chi connectivity index (χ1n) is 9.41.